The molecule has 0 bridgehead atoms. The van der Waals surface area contributed by atoms with Gasteiger partial charge in [-0.3, -0.25) is 14.0 Å². The summed E-state index contributed by atoms with van der Waals surface area (Å²) in [6.07, 6.45) is 1.89. The molecule has 0 aliphatic carbocycles. The quantitative estimate of drug-likeness (QED) is 0.772. The Hall–Kier alpha value is -1.64. The predicted octanol–water partition coefficient (Wildman–Crippen LogP) is 0.376. The fraction of sp³-hybridized carbons (Fsp3) is 0.611. The van der Waals surface area contributed by atoms with Gasteiger partial charge in [0.1, 0.15) is 0 Å². The van der Waals surface area contributed by atoms with Crippen LogP contribution in [0.4, 0.5) is 5.69 Å². The molecule has 1 N–H and O–H groups in total. The molecular weight excluding hydrogens is 352 g/mol. The van der Waals surface area contributed by atoms with Gasteiger partial charge in [0.2, 0.25) is 10.0 Å². The SMILES string of the molecule is CCN1CCN(CCNC(=O)c2ccc3c(c2)N(S(C)(=O)=O)CC3)CC1. The van der Waals surface area contributed by atoms with E-state index in [0.29, 0.717) is 30.8 Å². The molecule has 0 radical (unpaired) electrons. The van der Waals surface area contributed by atoms with Gasteiger partial charge in [-0.05, 0) is 30.7 Å². The molecule has 2 aliphatic heterocycles. The zero-order valence-electron chi connectivity index (χ0n) is 15.6. The van der Waals surface area contributed by atoms with Gasteiger partial charge in [-0.2, -0.15) is 0 Å². The van der Waals surface area contributed by atoms with Crippen molar-refractivity contribution < 1.29 is 13.2 Å². The van der Waals surface area contributed by atoms with Crippen LogP contribution in [0.1, 0.15) is 22.8 Å². The van der Waals surface area contributed by atoms with Crippen LogP contribution in [0, 0.1) is 0 Å². The number of nitrogens with zero attached hydrogens (tertiary/aromatic N) is 3. The number of carbonyl (C=O) groups excluding carboxylic acids is 1. The summed E-state index contributed by atoms with van der Waals surface area (Å²) in [5.41, 5.74) is 2.12. The van der Waals surface area contributed by atoms with Crippen molar-refractivity contribution >= 4 is 21.6 Å². The first-order valence-corrected chi connectivity index (χ1v) is 11.1. The van der Waals surface area contributed by atoms with E-state index in [1.165, 1.54) is 10.6 Å². The second kappa shape index (κ2) is 7.94. The number of likely N-dealkylation sites (N-methyl/N-ethyl adjacent to an activating group) is 1. The summed E-state index contributed by atoms with van der Waals surface area (Å²) < 4.78 is 25.2. The van der Waals surface area contributed by atoms with Crippen LogP contribution in [0.3, 0.4) is 0 Å². The van der Waals surface area contributed by atoms with E-state index < -0.39 is 10.0 Å². The van der Waals surface area contributed by atoms with E-state index in [0.717, 1.165) is 44.8 Å². The number of fused-ring (bicyclic) bond motifs is 1. The van der Waals surface area contributed by atoms with Crippen LogP contribution < -0.4 is 9.62 Å². The van der Waals surface area contributed by atoms with Gasteiger partial charge in [0.05, 0.1) is 11.9 Å². The van der Waals surface area contributed by atoms with Crippen LogP contribution in [0.5, 0.6) is 0 Å². The molecule has 2 aliphatic rings. The first-order valence-electron chi connectivity index (χ1n) is 9.22. The second-order valence-corrected chi connectivity index (χ2v) is 8.87. The summed E-state index contributed by atoms with van der Waals surface area (Å²) in [5.74, 6) is -0.152. The van der Waals surface area contributed by atoms with Gasteiger partial charge in [0, 0.05) is 51.4 Å². The Morgan fingerprint density at radius 3 is 2.46 bits per heavy atom. The Morgan fingerprint density at radius 1 is 1.12 bits per heavy atom. The fourth-order valence-electron chi connectivity index (χ4n) is 3.59. The molecule has 1 amide bonds. The summed E-state index contributed by atoms with van der Waals surface area (Å²) >= 11 is 0. The van der Waals surface area contributed by atoms with Crippen molar-refractivity contribution in [2.24, 2.45) is 0 Å². The minimum Gasteiger partial charge on any atom is -0.351 e. The van der Waals surface area contributed by atoms with Crippen molar-refractivity contribution in [2.45, 2.75) is 13.3 Å². The van der Waals surface area contributed by atoms with Gasteiger partial charge in [0.15, 0.2) is 0 Å². The lowest BCUT2D eigenvalue weighted by molar-refractivity contribution is 0.0938. The Labute approximate surface area is 156 Å². The number of hydrogen-bond acceptors (Lipinski definition) is 5. The monoisotopic (exact) mass is 380 g/mol. The lowest BCUT2D eigenvalue weighted by atomic mass is 10.1. The van der Waals surface area contributed by atoms with E-state index in [-0.39, 0.29) is 5.91 Å². The average Bonchev–Trinajstić information content (AvgIpc) is 3.05. The summed E-state index contributed by atoms with van der Waals surface area (Å²) in [5, 5.41) is 2.95. The number of amides is 1. The number of nitrogens with one attached hydrogen (secondary N) is 1. The third-order valence-corrected chi connectivity index (χ3v) is 6.41. The molecule has 8 heteroatoms. The number of anilines is 1. The van der Waals surface area contributed by atoms with E-state index in [4.69, 9.17) is 0 Å². The molecule has 1 fully saturated rings. The highest BCUT2D eigenvalue weighted by molar-refractivity contribution is 7.92. The molecule has 0 atom stereocenters. The van der Waals surface area contributed by atoms with Crippen molar-refractivity contribution in [2.75, 3.05) is 62.9 Å². The first-order chi connectivity index (χ1) is 12.4. The number of piperazine rings is 1. The van der Waals surface area contributed by atoms with Gasteiger partial charge in [-0.1, -0.05) is 13.0 Å². The van der Waals surface area contributed by atoms with Gasteiger partial charge in [0.25, 0.3) is 5.91 Å². The van der Waals surface area contributed by atoms with Crippen molar-refractivity contribution in [1.82, 2.24) is 15.1 Å². The standard InChI is InChI=1S/C18H28N4O3S/c1-3-20-10-12-21(13-11-20)9-7-19-18(23)16-5-4-15-6-8-22(17(15)14-16)26(2,24)25/h4-5,14H,3,6-13H2,1-2H3,(H,19,23). The molecule has 7 nitrogen and oxygen atoms in total. The molecule has 0 spiro atoms. The molecule has 2 heterocycles. The molecule has 144 valence electrons. The molecular formula is C18H28N4O3S. The van der Waals surface area contributed by atoms with Crippen molar-refractivity contribution in [3.63, 3.8) is 0 Å². The third-order valence-electron chi connectivity index (χ3n) is 5.23. The smallest absolute Gasteiger partial charge is 0.251 e. The van der Waals surface area contributed by atoms with E-state index in [9.17, 15) is 13.2 Å². The lowest BCUT2D eigenvalue weighted by Crippen LogP contribution is -2.48. The predicted molar refractivity (Wildman–Crippen MR) is 103 cm³/mol. The zero-order chi connectivity index (χ0) is 18.7. The van der Waals surface area contributed by atoms with Crippen molar-refractivity contribution in [1.29, 1.82) is 0 Å². The maximum absolute atomic E-state index is 12.4. The first kappa shape index (κ1) is 19.1. The molecule has 1 aromatic rings. The summed E-state index contributed by atoms with van der Waals surface area (Å²) in [6, 6.07) is 5.33. The summed E-state index contributed by atoms with van der Waals surface area (Å²) in [7, 11) is -3.31. The molecule has 26 heavy (non-hydrogen) atoms. The highest BCUT2D eigenvalue weighted by Gasteiger charge is 2.27. The number of sulfonamides is 1. The molecule has 0 saturated carbocycles. The highest BCUT2D eigenvalue weighted by Crippen LogP contribution is 2.30. The second-order valence-electron chi connectivity index (χ2n) is 6.96. The van der Waals surface area contributed by atoms with Crippen LogP contribution in [0.15, 0.2) is 18.2 Å². The average molecular weight is 381 g/mol. The highest BCUT2D eigenvalue weighted by atomic mass is 32.2. The molecule has 0 aromatic heterocycles. The summed E-state index contributed by atoms with van der Waals surface area (Å²) in [6.45, 7) is 9.38. The zero-order valence-corrected chi connectivity index (χ0v) is 16.4. The molecule has 3 rings (SSSR count). The van der Waals surface area contributed by atoms with E-state index in [2.05, 4.69) is 22.0 Å². The normalized spacial score (nSPS) is 18.8. The Balaban J connectivity index is 1.54. The Morgan fingerprint density at radius 2 is 1.81 bits per heavy atom. The lowest BCUT2D eigenvalue weighted by Gasteiger charge is -2.33. The number of rotatable bonds is 6. The van der Waals surface area contributed by atoms with Gasteiger partial charge in [-0.25, -0.2) is 8.42 Å². The molecule has 1 aromatic carbocycles. The maximum atomic E-state index is 12.4. The van der Waals surface area contributed by atoms with Gasteiger partial charge < -0.3 is 10.2 Å². The van der Waals surface area contributed by atoms with Crippen LogP contribution in [0.25, 0.3) is 0 Å². The third kappa shape index (κ3) is 4.36. The van der Waals surface area contributed by atoms with Gasteiger partial charge in [-0.15, -0.1) is 0 Å². The van der Waals surface area contributed by atoms with E-state index >= 15 is 0 Å². The maximum Gasteiger partial charge on any atom is 0.251 e. The summed E-state index contributed by atoms with van der Waals surface area (Å²) in [4.78, 5) is 17.2. The van der Waals surface area contributed by atoms with Crippen LogP contribution >= 0.6 is 0 Å². The Bertz CT molecular complexity index is 758. The number of hydrogen-bond donors (Lipinski definition) is 1. The minimum absolute atomic E-state index is 0.152. The van der Waals surface area contributed by atoms with Crippen LogP contribution in [-0.2, 0) is 16.4 Å². The van der Waals surface area contributed by atoms with Crippen molar-refractivity contribution in [3.8, 4) is 0 Å². The fourth-order valence-corrected chi connectivity index (χ4v) is 4.54. The number of carbonyl (C=O) groups is 1. The van der Waals surface area contributed by atoms with Gasteiger partial charge >= 0.3 is 0 Å². The van der Waals surface area contributed by atoms with E-state index in [1.807, 2.05) is 6.07 Å². The Kier molecular flexibility index (Phi) is 5.84. The van der Waals surface area contributed by atoms with E-state index in [1.54, 1.807) is 12.1 Å². The minimum atomic E-state index is -3.31. The molecule has 1 saturated heterocycles. The largest absolute Gasteiger partial charge is 0.351 e. The molecule has 0 unspecified atom stereocenters. The van der Waals surface area contributed by atoms with Crippen LogP contribution in [0.2, 0.25) is 0 Å². The number of benzene rings is 1. The topological polar surface area (TPSA) is 73.0 Å². The van der Waals surface area contributed by atoms with Crippen LogP contribution in [-0.4, -0.2) is 82.7 Å². The van der Waals surface area contributed by atoms with Crippen molar-refractivity contribution in [3.05, 3.63) is 29.3 Å².